The predicted octanol–water partition coefficient (Wildman–Crippen LogP) is 2.15. The number of ether oxygens (including phenoxy) is 1. The second kappa shape index (κ2) is 4.37. The summed E-state index contributed by atoms with van der Waals surface area (Å²) < 4.78 is 18.7. The lowest BCUT2D eigenvalue weighted by atomic mass is 10.1. The zero-order valence-electron chi connectivity index (χ0n) is 9.11. The minimum absolute atomic E-state index is 0.193. The summed E-state index contributed by atoms with van der Waals surface area (Å²) in [5.41, 5.74) is 1.29. The largest absolute Gasteiger partial charge is 0.481 e. The van der Waals surface area contributed by atoms with Crippen molar-refractivity contribution in [3.8, 4) is 5.75 Å². The van der Waals surface area contributed by atoms with Gasteiger partial charge in [0.2, 0.25) is 0 Å². The Hall–Kier alpha value is -2.17. The first-order valence-corrected chi connectivity index (χ1v) is 4.98. The van der Waals surface area contributed by atoms with Gasteiger partial charge in [-0.25, -0.2) is 9.18 Å². The number of fused-ring (bicyclic) bond motifs is 1. The van der Waals surface area contributed by atoms with Crippen molar-refractivity contribution in [2.45, 2.75) is 6.92 Å². The fourth-order valence-corrected chi connectivity index (χ4v) is 1.59. The molecule has 2 rings (SSSR count). The van der Waals surface area contributed by atoms with Crippen LogP contribution < -0.4 is 4.74 Å². The number of carboxylic acids is 1. The summed E-state index contributed by atoms with van der Waals surface area (Å²) in [7, 11) is 0. The molecule has 1 aromatic heterocycles. The second-order valence-electron chi connectivity index (χ2n) is 3.58. The number of hydrogen-bond donors (Lipinski definition) is 1. The molecule has 0 aliphatic carbocycles. The number of benzene rings is 1. The van der Waals surface area contributed by atoms with E-state index in [9.17, 15) is 9.18 Å². The van der Waals surface area contributed by atoms with E-state index in [1.807, 2.05) is 0 Å². The number of hydrogen-bond acceptors (Lipinski definition) is 3. The molecule has 1 heterocycles. The molecule has 88 valence electrons. The molecule has 0 aliphatic heterocycles. The summed E-state index contributed by atoms with van der Waals surface area (Å²) in [6.45, 7) is 1.29. The molecular formula is C12H10FNO3. The van der Waals surface area contributed by atoms with E-state index in [4.69, 9.17) is 9.84 Å². The molecule has 0 fully saturated rings. The highest BCUT2D eigenvalue weighted by atomic mass is 19.1. The summed E-state index contributed by atoms with van der Waals surface area (Å²) in [4.78, 5) is 14.5. The number of nitrogens with zero attached hydrogens (tertiary/aromatic N) is 1. The van der Waals surface area contributed by atoms with Crippen LogP contribution in [0.3, 0.4) is 0 Å². The number of aliphatic carboxylic acids is 1. The quantitative estimate of drug-likeness (QED) is 0.885. The van der Waals surface area contributed by atoms with Gasteiger partial charge in [-0.2, -0.15) is 0 Å². The van der Waals surface area contributed by atoms with Crippen molar-refractivity contribution >= 4 is 16.9 Å². The van der Waals surface area contributed by atoms with Crippen molar-refractivity contribution in [2.24, 2.45) is 0 Å². The fourth-order valence-electron chi connectivity index (χ4n) is 1.59. The molecule has 5 heteroatoms. The van der Waals surface area contributed by atoms with Gasteiger partial charge in [0.1, 0.15) is 11.6 Å². The van der Waals surface area contributed by atoms with E-state index >= 15 is 0 Å². The van der Waals surface area contributed by atoms with Crippen molar-refractivity contribution in [3.63, 3.8) is 0 Å². The Balaban J connectivity index is 2.56. The molecule has 0 spiro atoms. The Kier molecular flexibility index (Phi) is 2.91. The molecule has 1 N–H and O–H groups in total. The van der Waals surface area contributed by atoms with Crippen LogP contribution in [0.5, 0.6) is 5.75 Å². The molecule has 17 heavy (non-hydrogen) atoms. The number of carboxylic acid groups (broad SMARTS) is 1. The molecule has 0 unspecified atom stereocenters. The van der Waals surface area contributed by atoms with E-state index in [1.165, 1.54) is 18.3 Å². The number of aromatic nitrogens is 1. The normalized spacial score (nSPS) is 10.5. The number of carbonyl (C=O) groups is 1. The van der Waals surface area contributed by atoms with Crippen LogP contribution in [0.15, 0.2) is 24.4 Å². The van der Waals surface area contributed by atoms with Crippen LogP contribution in [0.25, 0.3) is 10.9 Å². The van der Waals surface area contributed by atoms with Gasteiger partial charge in [0.15, 0.2) is 6.61 Å². The first-order valence-electron chi connectivity index (χ1n) is 4.98. The average molecular weight is 235 g/mol. The van der Waals surface area contributed by atoms with Crippen LogP contribution >= 0.6 is 0 Å². The maximum Gasteiger partial charge on any atom is 0.341 e. The lowest BCUT2D eigenvalue weighted by molar-refractivity contribution is -0.139. The Morgan fingerprint density at radius 3 is 2.94 bits per heavy atom. The monoisotopic (exact) mass is 235 g/mol. The summed E-state index contributed by atoms with van der Waals surface area (Å²) in [6.07, 6.45) is 1.46. The molecule has 0 bridgehead atoms. The number of aryl methyl sites for hydroxylation is 1. The second-order valence-corrected chi connectivity index (χ2v) is 3.58. The maximum atomic E-state index is 13.7. The highest BCUT2D eigenvalue weighted by Gasteiger charge is 2.11. The van der Waals surface area contributed by atoms with Crippen molar-refractivity contribution in [3.05, 3.63) is 35.8 Å². The maximum absolute atomic E-state index is 13.7. The zero-order valence-corrected chi connectivity index (χ0v) is 9.11. The Morgan fingerprint density at radius 2 is 2.24 bits per heavy atom. The van der Waals surface area contributed by atoms with Crippen molar-refractivity contribution in [1.29, 1.82) is 0 Å². The molecule has 0 aliphatic rings. The molecule has 0 saturated heterocycles. The van der Waals surface area contributed by atoms with Gasteiger partial charge in [-0.3, -0.25) is 4.98 Å². The van der Waals surface area contributed by atoms with E-state index in [0.29, 0.717) is 5.52 Å². The van der Waals surface area contributed by atoms with Crippen LogP contribution in [-0.2, 0) is 4.79 Å². The molecule has 2 aromatic rings. The SMILES string of the molecule is Cc1ccc(F)c2c(OCC(=O)O)ccnc12. The number of halogens is 1. The Bertz CT molecular complexity index is 583. The minimum Gasteiger partial charge on any atom is -0.481 e. The topological polar surface area (TPSA) is 59.4 Å². The third-order valence-corrected chi connectivity index (χ3v) is 2.36. The van der Waals surface area contributed by atoms with Crippen molar-refractivity contribution < 1.29 is 19.0 Å². The van der Waals surface area contributed by atoms with Crippen LogP contribution in [0.2, 0.25) is 0 Å². The van der Waals surface area contributed by atoms with Gasteiger partial charge < -0.3 is 9.84 Å². The Morgan fingerprint density at radius 1 is 1.47 bits per heavy atom. The lowest BCUT2D eigenvalue weighted by Gasteiger charge is -2.08. The van der Waals surface area contributed by atoms with Crippen LogP contribution in [0.1, 0.15) is 5.56 Å². The van der Waals surface area contributed by atoms with E-state index in [1.54, 1.807) is 13.0 Å². The summed E-state index contributed by atoms with van der Waals surface area (Å²) in [6, 6.07) is 4.38. The zero-order chi connectivity index (χ0) is 12.4. The van der Waals surface area contributed by atoms with Gasteiger partial charge in [0, 0.05) is 6.20 Å². The van der Waals surface area contributed by atoms with Gasteiger partial charge in [-0.15, -0.1) is 0 Å². The lowest BCUT2D eigenvalue weighted by Crippen LogP contribution is -2.10. The smallest absolute Gasteiger partial charge is 0.341 e. The third kappa shape index (κ3) is 2.18. The van der Waals surface area contributed by atoms with Gasteiger partial charge in [-0.1, -0.05) is 6.07 Å². The molecule has 1 aromatic carbocycles. The summed E-state index contributed by atoms with van der Waals surface area (Å²) in [5, 5.41) is 8.75. The average Bonchev–Trinajstić information content (AvgIpc) is 2.31. The van der Waals surface area contributed by atoms with Crippen LogP contribution in [0.4, 0.5) is 4.39 Å². The van der Waals surface area contributed by atoms with Gasteiger partial charge >= 0.3 is 5.97 Å². The number of pyridine rings is 1. The minimum atomic E-state index is -1.11. The Labute approximate surface area is 96.7 Å². The summed E-state index contributed by atoms with van der Waals surface area (Å²) >= 11 is 0. The van der Waals surface area contributed by atoms with E-state index in [-0.39, 0.29) is 11.1 Å². The fraction of sp³-hybridized carbons (Fsp3) is 0.167. The predicted molar refractivity (Wildman–Crippen MR) is 59.6 cm³/mol. The van der Waals surface area contributed by atoms with E-state index in [2.05, 4.69) is 4.98 Å². The summed E-state index contributed by atoms with van der Waals surface area (Å²) in [5.74, 6) is -1.39. The van der Waals surface area contributed by atoms with E-state index < -0.39 is 18.4 Å². The highest BCUT2D eigenvalue weighted by Crippen LogP contribution is 2.28. The van der Waals surface area contributed by atoms with Crippen LogP contribution in [-0.4, -0.2) is 22.7 Å². The highest BCUT2D eigenvalue weighted by molar-refractivity contribution is 5.88. The number of rotatable bonds is 3. The van der Waals surface area contributed by atoms with Gasteiger partial charge in [0.25, 0.3) is 0 Å². The van der Waals surface area contributed by atoms with Crippen molar-refractivity contribution in [2.75, 3.05) is 6.61 Å². The molecule has 0 amide bonds. The van der Waals surface area contributed by atoms with Gasteiger partial charge in [0.05, 0.1) is 10.9 Å². The first kappa shape index (κ1) is 11.3. The molecule has 4 nitrogen and oxygen atoms in total. The van der Waals surface area contributed by atoms with Gasteiger partial charge in [-0.05, 0) is 24.6 Å². The molecule has 0 saturated carbocycles. The molecule has 0 atom stereocenters. The van der Waals surface area contributed by atoms with E-state index in [0.717, 1.165) is 5.56 Å². The molecular weight excluding hydrogens is 225 g/mol. The third-order valence-electron chi connectivity index (χ3n) is 2.36. The van der Waals surface area contributed by atoms with Crippen LogP contribution in [0, 0.1) is 12.7 Å². The first-order chi connectivity index (χ1) is 8.09. The standard InChI is InChI=1S/C12H10FNO3/c1-7-2-3-8(13)11-9(17-6-10(15)16)4-5-14-12(7)11/h2-5H,6H2,1H3,(H,15,16). The van der Waals surface area contributed by atoms with Crippen molar-refractivity contribution in [1.82, 2.24) is 4.98 Å². The molecule has 0 radical (unpaired) electrons.